The van der Waals surface area contributed by atoms with Gasteiger partial charge in [-0.2, -0.15) is 8.42 Å². The van der Waals surface area contributed by atoms with Gasteiger partial charge in [0.2, 0.25) is 0 Å². The Morgan fingerprint density at radius 3 is 2.25 bits per heavy atom. The van der Waals surface area contributed by atoms with Crippen LogP contribution < -0.4 is 0 Å². The van der Waals surface area contributed by atoms with Gasteiger partial charge in [-0.25, -0.2) is 0 Å². The van der Waals surface area contributed by atoms with Gasteiger partial charge in [-0.05, 0) is 38.0 Å². The molecule has 1 fully saturated rings. The van der Waals surface area contributed by atoms with Crippen molar-refractivity contribution in [3.05, 3.63) is 0 Å². The fourth-order valence-corrected chi connectivity index (χ4v) is 3.58. The molecule has 0 saturated heterocycles. The fraction of sp³-hybridized carbons (Fsp3) is 1.00. The molecule has 0 spiro atoms. The molecule has 3 atom stereocenters. The molecule has 91 valence electrons. The van der Waals surface area contributed by atoms with Crippen molar-refractivity contribution in [2.24, 2.45) is 11.8 Å². The zero-order chi connectivity index (χ0) is 11.9. The number of aliphatic hydroxyl groups is 1. The summed E-state index contributed by atoms with van der Waals surface area (Å²) in [5.41, 5.74) is -1.29. The van der Waals surface area contributed by atoms with Gasteiger partial charge in [0.1, 0.15) is 5.25 Å². The quantitative estimate of drug-likeness (QED) is 0.574. The van der Waals surface area contributed by atoms with Crippen LogP contribution in [-0.2, 0) is 10.1 Å². The van der Waals surface area contributed by atoms with Crippen LogP contribution in [-0.4, -0.2) is 58.5 Å². The molecule has 4 nitrogen and oxygen atoms in total. The average Bonchev–Trinajstić information content (AvgIpc) is 2.00. The Morgan fingerprint density at radius 1 is 1.38 bits per heavy atom. The molecule has 0 aromatic heterocycles. The van der Waals surface area contributed by atoms with E-state index >= 15 is 0 Å². The molecule has 1 unspecified atom stereocenters. The van der Waals surface area contributed by atoms with Crippen LogP contribution in [0.15, 0.2) is 0 Å². The van der Waals surface area contributed by atoms with Gasteiger partial charge in [-0.1, -0.05) is 13.8 Å². The first-order valence-electron chi connectivity index (χ1n) is 5.33. The first-order valence-corrected chi connectivity index (χ1v) is 6.83. The predicted octanol–water partition coefficient (Wildman–Crippen LogP) is 1.07. The molecule has 0 bridgehead atoms. The van der Waals surface area contributed by atoms with Gasteiger partial charge >= 0.3 is 0 Å². The Balaban J connectivity index is 0.00000225. The van der Waals surface area contributed by atoms with Crippen LogP contribution >= 0.6 is 0 Å². The van der Waals surface area contributed by atoms with Gasteiger partial charge in [0.05, 0.1) is 5.60 Å². The number of hydrogen-bond acceptors (Lipinski definition) is 3. The van der Waals surface area contributed by atoms with Crippen LogP contribution in [0.4, 0.5) is 0 Å². The predicted molar refractivity (Wildman–Crippen MR) is 63.9 cm³/mol. The van der Waals surface area contributed by atoms with E-state index in [9.17, 15) is 13.5 Å². The van der Waals surface area contributed by atoms with Gasteiger partial charge in [0.15, 0.2) is 0 Å². The van der Waals surface area contributed by atoms with E-state index < -0.39 is 21.0 Å². The first kappa shape index (κ1) is 16.9. The third kappa shape index (κ3) is 3.96. The van der Waals surface area contributed by atoms with Crippen LogP contribution in [0.25, 0.3) is 0 Å². The number of rotatable bonds is 2. The summed E-state index contributed by atoms with van der Waals surface area (Å²) < 4.78 is 31.4. The van der Waals surface area contributed by atoms with Crippen LogP contribution in [0.1, 0.15) is 40.0 Å². The van der Waals surface area contributed by atoms with Gasteiger partial charge < -0.3 is 5.11 Å². The molecule has 16 heavy (non-hydrogen) atoms. The van der Waals surface area contributed by atoms with Crippen molar-refractivity contribution < 1.29 is 18.1 Å². The maximum Gasteiger partial charge on any atom is 0.270 e. The zero-order valence-electron chi connectivity index (χ0n) is 10.5. The molecule has 1 radical (unpaired) electrons. The minimum Gasteiger partial charge on any atom is -0.389 e. The summed E-state index contributed by atoms with van der Waals surface area (Å²) in [6.45, 7) is 5.56. The molecule has 1 rings (SSSR count). The SMILES string of the molecule is CC(C)[C@@H]1CCC(C)(O)[C@@H](S(=O)(=O)O)C1.[Na]. The average molecular weight is 259 g/mol. The van der Waals surface area contributed by atoms with E-state index in [0.717, 1.165) is 6.42 Å². The largest absolute Gasteiger partial charge is 0.389 e. The van der Waals surface area contributed by atoms with E-state index in [2.05, 4.69) is 0 Å². The Kier molecular flexibility index (Phi) is 5.98. The van der Waals surface area contributed by atoms with E-state index in [0.29, 0.717) is 18.8 Å². The van der Waals surface area contributed by atoms with Crippen molar-refractivity contribution in [3.63, 3.8) is 0 Å². The zero-order valence-corrected chi connectivity index (χ0v) is 13.3. The van der Waals surface area contributed by atoms with E-state index in [4.69, 9.17) is 4.55 Å². The Bertz CT molecular complexity index is 324. The molecule has 0 amide bonds. The molecule has 1 aliphatic carbocycles. The molecule has 0 aliphatic heterocycles. The standard InChI is InChI=1S/C10H20O4S.Na/c1-7(2)8-4-5-10(3,11)9(6-8)15(12,13)14;/h7-9,11H,4-6H2,1-3H3,(H,12,13,14);/t8-,9+,10?;/m1./s1. The van der Waals surface area contributed by atoms with Crippen molar-refractivity contribution in [1.82, 2.24) is 0 Å². The molecule has 0 heterocycles. The van der Waals surface area contributed by atoms with Crippen LogP contribution in [0.5, 0.6) is 0 Å². The van der Waals surface area contributed by atoms with Crippen LogP contribution in [0.3, 0.4) is 0 Å². The molecule has 1 aliphatic rings. The van der Waals surface area contributed by atoms with Crippen molar-refractivity contribution in [1.29, 1.82) is 0 Å². The maximum absolute atomic E-state index is 11.2. The summed E-state index contributed by atoms with van der Waals surface area (Å²) in [4.78, 5) is 0. The summed E-state index contributed by atoms with van der Waals surface area (Å²) in [6, 6.07) is 0. The second kappa shape index (κ2) is 5.67. The molecule has 2 N–H and O–H groups in total. The molecule has 0 aromatic rings. The van der Waals surface area contributed by atoms with Crippen LogP contribution in [0.2, 0.25) is 0 Å². The molecule has 6 heteroatoms. The summed E-state index contributed by atoms with van der Waals surface area (Å²) in [5, 5.41) is 8.89. The molecular formula is C10H20NaO4S. The minimum absolute atomic E-state index is 0. The van der Waals surface area contributed by atoms with Crippen molar-refractivity contribution in [2.75, 3.05) is 0 Å². The smallest absolute Gasteiger partial charge is 0.270 e. The molecule has 1 saturated carbocycles. The summed E-state index contributed by atoms with van der Waals surface area (Å²) in [7, 11) is -4.15. The monoisotopic (exact) mass is 259 g/mol. The van der Waals surface area contributed by atoms with E-state index in [1.807, 2.05) is 13.8 Å². The Hall–Kier alpha value is 0.870. The maximum atomic E-state index is 11.2. The Labute approximate surface area is 120 Å². The summed E-state index contributed by atoms with van der Waals surface area (Å²) in [6.07, 6.45) is 1.60. The topological polar surface area (TPSA) is 74.6 Å². The Morgan fingerprint density at radius 2 is 1.88 bits per heavy atom. The van der Waals surface area contributed by atoms with Crippen LogP contribution in [0, 0.1) is 11.8 Å². The van der Waals surface area contributed by atoms with Crippen molar-refractivity contribution >= 4 is 39.7 Å². The van der Waals surface area contributed by atoms with Crippen molar-refractivity contribution in [3.8, 4) is 0 Å². The molecular weight excluding hydrogens is 239 g/mol. The second-order valence-corrected chi connectivity index (χ2v) is 6.74. The minimum atomic E-state index is -4.15. The third-order valence-electron chi connectivity index (χ3n) is 3.53. The number of hydrogen-bond donors (Lipinski definition) is 2. The molecule has 0 aromatic carbocycles. The second-order valence-electron chi connectivity index (χ2n) is 5.14. The normalized spacial score (nSPS) is 35.9. The fourth-order valence-electron chi connectivity index (χ4n) is 2.33. The van der Waals surface area contributed by atoms with E-state index in [-0.39, 0.29) is 35.5 Å². The van der Waals surface area contributed by atoms with Gasteiger partial charge in [-0.15, -0.1) is 0 Å². The van der Waals surface area contributed by atoms with Gasteiger partial charge in [0.25, 0.3) is 10.1 Å². The first-order chi connectivity index (χ1) is 6.64. The third-order valence-corrected chi connectivity index (χ3v) is 4.95. The van der Waals surface area contributed by atoms with Crippen molar-refractivity contribution in [2.45, 2.75) is 50.9 Å². The summed E-state index contributed by atoms with van der Waals surface area (Å²) in [5.74, 6) is 0.641. The van der Waals surface area contributed by atoms with E-state index in [1.54, 1.807) is 0 Å². The van der Waals surface area contributed by atoms with E-state index in [1.165, 1.54) is 6.92 Å². The van der Waals surface area contributed by atoms with Gasteiger partial charge in [-0.3, -0.25) is 4.55 Å². The summed E-state index contributed by atoms with van der Waals surface area (Å²) >= 11 is 0. The van der Waals surface area contributed by atoms with Gasteiger partial charge in [0, 0.05) is 29.6 Å².